The van der Waals surface area contributed by atoms with Crippen molar-refractivity contribution in [2.24, 2.45) is 5.92 Å². The molecule has 0 aliphatic carbocycles. The molecule has 5 nitrogen and oxygen atoms in total. The number of thiophene rings is 1. The molecule has 2 aromatic rings. The van der Waals surface area contributed by atoms with Crippen molar-refractivity contribution < 1.29 is 13.2 Å². The predicted octanol–water partition coefficient (Wildman–Crippen LogP) is 3.98. The van der Waals surface area contributed by atoms with Gasteiger partial charge in [-0.15, -0.1) is 11.3 Å². The van der Waals surface area contributed by atoms with Gasteiger partial charge in [0.05, 0.1) is 5.92 Å². The van der Waals surface area contributed by atoms with Crippen LogP contribution >= 0.6 is 11.3 Å². The molecular formula is C20H26N2O3S2. The van der Waals surface area contributed by atoms with Crippen LogP contribution < -0.4 is 4.90 Å². The molecule has 1 aromatic heterocycles. The smallest absolute Gasteiger partial charge is 0.252 e. The van der Waals surface area contributed by atoms with Gasteiger partial charge in [0.15, 0.2) is 0 Å². The van der Waals surface area contributed by atoms with Gasteiger partial charge in [-0.25, -0.2) is 8.42 Å². The van der Waals surface area contributed by atoms with Crippen molar-refractivity contribution in [3.8, 4) is 0 Å². The lowest BCUT2D eigenvalue weighted by molar-refractivity contribution is -0.123. The summed E-state index contributed by atoms with van der Waals surface area (Å²) >= 11 is 1.22. The maximum atomic E-state index is 13.3. The zero-order valence-corrected chi connectivity index (χ0v) is 17.2. The number of amides is 1. The average molecular weight is 407 g/mol. The summed E-state index contributed by atoms with van der Waals surface area (Å²) in [5.74, 6) is -0.272. The molecule has 7 heteroatoms. The van der Waals surface area contributed by atoms with Gasteiger partial charge >= 0.3 is 0 Å². The molecule has 1 saturated heterocycles. The predicted molar refractivity (Wildman–Crippen MR) is 110 cm³/mol. The van der Waals surface area contributed by atoms with E-state index in [1.165, 1.54) is 15.6 Å². The third kappa shape index (κ3) is 4.59. The minimum atomic E-state index is -3.51. The number of hydrogen-bond donors (Lipinski definition) is 0. The number of rotatable bonds is 7. The number of piperidine rings is 1. The Labute approximate surface area is 165 Å². The van der Waals surface area contributed by atoms with Gasteiger partial charge in [0.1, 0.15) is 4.21 Å². The van der Waals surface area contributed by atoms with E-state index in [1.54, 1.807) is 17.5 Å². The average Bonchev–Trinajstić information content (AvgIpc) is 3.25. The first-order valence-corrected chi connectivity index (χ1v) is 11.8. The Morgan fingerprint density at radius 2 is 2.00 bits per heavy atom. The van der Waals surface area contributed by atoms with Gasteiger partial charge in [0.25, 0.3) is 10.0 Å². The minimum Gasteiger partial charge on any atom is -0.312 e. The highest BCUT2D eigenvalue weighted by Gasteiger charge is 2.35. The van der Waals surface area contributed by atoms with Crippen LogP contribution in [0.15, 0.2) is 52.1 Å². The summed E-state index contributed by atoms with van der Waals surface area (Å²) in [6.07, 6.45) is 3.35. The molecule has 1 aliphatic heterocycles. The van der Waals surface area contributed by atoms with E-state index in [1.807, 2.05) is 35.2 Å². The molecule has 27 heavy (non-hydrogen) atoms. The summed E-state index contributed by atoms with van der Waals surface area (Å²) in [4.78, 5) is 15.1. The molecule has 0 N–H and O–H groups in total. The second-order valence-corrected chi connectivity index (χ2v) is 9.93. The number of benzene rings is 1. The van der Waals surface area contributed by atoms with Crippen molar-refractivity contribution in [2.45, 2.75) is 36.8 Å². The second kappa shape index (κ2) is 8.99. The van der Waals surface area contributed by atoms with Crippen molar-refractivity contribution >= 4 is 33.0 Å². The Hall–Kier alpha value is -1.70. The standard InChI is InChI=1S/C20H26N2O3S2/c1-2-3-14-22(18-10-5-4-6-11-18)20(23)17-9-7-13-21(16-17)27(24,25)19-12-8-15-26-19/h4-6,8,10-12,15,17H,2-3,7,9,13-14,16H2,1H3. The zero-order valence-electron chi connectivity index (χ0n) is 15.6. The summed E-state index contributed by atoms with van der Waals surface area (Å²) in [6.45, 7) is 3.50. The zero-order chi connectivity index (χ0) is 19.3. The Morgan fingerprint density at radius 1 is 1.22 bits per heavy atom. The molecule has 2 heterocycles. The van der Waals surface area contributed by atoms with E-state index in [-0.39, 0.29) is 18.4 Å². The molecule has 0 saturated carbocycles. The Balaban J connectivity index is 1.78. The Bertz CT molecular complexity index is 835. The van der Waals surface area contributed by atoms with Crippen LogP contribution in [0.3, 0.4) is 0 Å². The number of carbonyl (C=O) groups excluding carboxylic acids is 1. The fraction of sp³-hybridized carbons (Fsp3) is 0.450. The molecule has 0 spiro atoms. The monoisotopic (exact) mass is 406 g/mol. The lowest BCUT2D eigenvalue weighted by Gasteiger charge is -2.34. The quantitative estimate of drug-likeness (QED) is 0.699. The van der Waals surface area contributed by atoms with Gasteiger partial charge in [-0.2, -0.15) is 4.31 Å². The van der Waals surface area contributed by atoms with Gasteiger partial charge in [-0.05, 0) is 42.8 Å². The second-order valence-electron chi connectivity index (χ2n) is 6.81. The highest BCUT2D eigenvalue weighted by atomic mass is 32.2. The summed E-state index contributed by atoms with van der Waals surface area (Å²) in [5.41, 5.74) is 0.884. The van der Waals surface area contributed by atoms with Crippen LogP contribution in [0.25, 0.3) is 0 Å². The third-order valence-electron chi connectivity index (χ3n) is 4.89. The molecule has 1 unspecified atom stereocenters. The highest BCUT2D eigenvalue weighted by molar-refractivity contribution is 7.91. The lowest BCUT2D eigenvalue weighted by Crippen LogP contribution is -2.47. The largest absolute Gasteiger partial charge is 0.312 e. The number of hydrogen-bond acceptors (Lipinski definition) is 4. The fourth-order valence-corrected chi connectivity index (χ4v) is 6.08. The van der Waals surface area contributed by atoms with E-state index in [2.05, 4.69) is 6.92 Å². The Kier molecular flexibility index (Phi) is 6.68. The minimum absolute atomic E-state index is 0.0285. The van der Waals surface area contributed by atoms with E-state index in [4.69, 9.17) is 0 Å². The molecule has 1 aromatic carbocycles. The SMILES string of the molecule is CCCCN(C(=O)C1CCCN(S(=O)(=O)c2cccs2)C1)c1ccccc1. The van der Waals surface area contributed by atoms with Crippen LogP contribution in [-0.2, 0) is 14.8 Å². The molecular weight excluding hydrogens is 380 g/mol. The van der Waals surface area contributed by atoms with Gasteiger partial charge in [-0.1, -0.05) is 37.6 Å². The lowest BCUT2D eigenvalue weighted by atomic mass is 9.97. The van der Waals surface area contributed by atoms with Crippen LogP contribution in [0.2, 0.25) is 0 Å². The van der Waals surface area contributed by atoms with E-state index >= 15 is 0 Å². The van der Waals surface area contributed by atoms with Crippen LogP contribution in [0.1, 0.15) is 32.6 Å². The van der Waals surface area contributed by atoms with Crippen LogP contribution in [0.5, 0.6) is 0 Å². The molecule has 1 fully saturated rings. The van der Waals surface area contributed by atoms with Crippen LogP contribution in [0.4, 0.5) is 5.69 Å². The molecule has 0 radical (unpaired) electrons. The first kappa shape index (κ1) is 20.0. The van der Waals surface area contributed by atoms with Crippen molar-refractivity contribution in [1.29, 1.82) is 0 Å². The maximum absolute atomic E-state index is 13.3. The van der Waals surface area contributed by atoms with Gasteiger partial charge in [-0.3, -0.25) is 4.79 Å². The first-order valence-electron chi connectivity index (χ1n) is 9.44. The van der Waals surface area contributed by atoms with Gasteiger partial charge in [0.2, 0.25) is 5.91 Å². The van der Waals surface area contributed by atoms with E-state index in [0.29, 0.717) is 23.7 Å². The highest BCUT2D eigenvalue weighted by Crippen LogP contribution is 2.28. The number of anilines is 1. The molecule has 0 bridgehead atoms. The summed E-state index contributed by atoms with van der Waals surface area (Å²) in [6, 6.07) is 13.0. The Morgan fingerprint density at radius 3 is 2.67 bits per heavy atom. The molecule has 1 atom stereocenters. The molecule has 1 aliphatic rings. The maximum Gasteiger partial charge on any atom is 0.252 e. The van der Waals surface area contributed by atoms with Crippen LogP contribution in [-0.4, -0.2) is 38.3 Å². The number of unbranched alkanes of at least 4 members (excludes halogenated alkanes) is 1. The number of para-hydroxylation sites is 1. The molecule has 3 rings (SSSR count). The normalized spacial score (nSPS) is 18.3. The summed E-state index contributed by atoms with van der Waals surface area (Å²) < 4.78 is 27.5. The summed E-state index contributed by atoms with van der Waals surface area (Å²) in [5, 5.41) is 1.77. The van der Waals surface area contributed by atoms with Gasteiger partial charge in [0, 0.05) is 25.3 Å². The van der Waals surface area contributed by atoms with E-state index in [0.717, 1.165) is 24.9 Å². The molecule has 146 valence electrons. The first-order chi connectivity index (χ1) is 13.0. The number of nitrogens with zero attached hydrogens (tertiary/aromatic N) is 2. The van der Waals surface area contributed by atoms with Crippen molar-refractivity contribution in [3.63, 3.8) is 0 Å². The van der Waals surface area contributed by atoms with Crippen molar-refractivity contribution in [2.75, 3.05) is 24.5 Å². The van der Waals surface area contributed by atoms with Crippen LogP contribution in [0, 0.1) is 5.92 Å². The van der Waals surface area contributed by atoms with E-state index in [9.17, 15) is 13.2 Å². The van der Waals surface area contributed by atoms with E-state index < -0.39 is 10.0 Å². The number of carbonyl (C=O) groups is 1. The summed E-state index contributed by atoms with van der Waals surface area (Å²) in [7, 11) is -3.51. The number of sulfonamides is 1. The fourth-order valence-electron chi connectivity index (χ4n) is 3.41. The third-order valence-corrected chi connectivity index (χ3v) is 8.13. The van der Waals surface area contributed by atoms with Gasteiger partial charge < -0.3 is 4.90 Å². The molecule has 1 amide bonds. The van der Waals surface area contributed by atoms with Crippen molar-refractivity contribution in [1.82, 2.24) is 4.31 Å². The topological polar surface area (TPSA) is 57.7 Å². The van der Waals surface area contributed by atoms with Crippen molar-refractivity contribution in [3.05, 3.63) is 47.8 Å².